The largest absolute Gasteiger partial charge is 0.508 e. The summed E-state index contributed by atoms with van der Waals surface area (Å²) in [6.07, 6.45) is 1.74. The van der Waals surface area contributed by atoms with Gasteiger partial charge in [0.1, 0.15) is 5.75 Å². The Kier molecular flexibility index (Phi) is 6.36. The quantitative estimate of drug-likeness (QED) is 0.589. The molecule has 0 aliphatic rings. The molecule has 0 bridgehead atoms. The summed E-state index contributed by atoms with van der Waals surface area (Å²) in [6, 6.07) is 12.9. The van der Waals surface area contributed by atoms with Crippen LogP contribution >= 0.6 is 11.8 Å². The van der Waals surface area contributed by atoms with Crippen molar-refractivity contribution in [1.82, 2.24) is 14.8 Å². The number of nitrogens with one attached hydrogen (secondary N) is 1. The van der Waals surface area contributed by atoms with Crippen molar-refractivity contribution in [2.75, 3.05) is 11.1 Å². The molecule has 0 saturated heterocycles. The number of nitrogens with zero attached hydrogens (tertiary/aromatic N) is 3. The molecule has 1 aromatic heterocycles. The van der Waals surface area contributed by atoms with Crippen molar-refractivity contribution < 1.29 is 9.90 Å². The van der Waals surface area contributed by atoms with Gasteiger partial charge in [-0.05, 0) is 48.2 Å². The van der Waals surface area contributed by atoms with Crippen LogP contribution in [0.25, 0.3) is 11.4 Å². The SMILES string of the molecule is CCc1cccc(CC)c1NC(=O)CSc1nnc(-c2ccc(O)cc2)n1C. The molecule has 1 amide bonds. The van der Waals surface area contributed by atoms with Gasteiger partial charge in [0.25, 0.3) is 0 Å². The van der Waals surface area contributed by atoms with Gasteiger partial charge >= 0.3 is 0 Å². The molecule has 0 aliphatic carbocycles. The monoisotopic (exact) mass is 396 g/mol. The van der Waals surface area contributed by atoms with E-state index in [0.717, 1.165) is 35.2 Å². The summed E-state index contributed by atoms with van der Waals surface area (Å²) in [7, 11) is 1.87. The van der Waals surface area contributed by atoms with E-state index in [1.807, 2.05) is 17.7 Å². The van der Waals surface area contributed by atoms with Crippen LogP contribution in [0.5, 0.6) is 5.75 Å². The number of hydrogen-bond acceptors (Lipinski definition) is 5. The van der Waals surface area contributed by atoms with Crippen LogP contribution < -0.4 is 5.32 Å². The Morgan fingerprint density at radius 1 is 1.07 bits per heavy atom. The number of aromatic hydroxyl groups is 1. The molecule has 0 aliphatic heterocycles. The van der Waals surface area contributed by atoms with E-state index in [1.54, 1.807) is 24.3 Å². The summed E-state index contributed by atoms with van der Waals surface area (Å²) in [5.41, 5.74) is 4.08. The molecule has 146 valence electrons. The van der Waals surface area contributed by atoms with Crippen molar-refractivity contribution >= 4 is 23.4 Å². The summed E-state index contributed by atoms with van der Waals surface area (Å²) in [5.74, 6) is 1.08. The lowest BCUT2D eigenvalue weighted by Crippen LogP contribution is -2.17. The van der Waals surface area contributed by atoms with Gasteiger partial charge in [0.2, 0.25) is 5.91 Å². The average molecular weight is 397 g/mol. The normalized spacial score (nSPS) is 10.8. The summed E-state index contributed by atoms with van der Waals surface area (Å²) < 4.78 is 1.85. The second-order valence-electron chi connectivity index (χ2n) is 6.41. The Balaban J connectivity index is 1.68. The van der Waals surface area contributed by atoms with Crippen molar-refractivity contribution in [3.63, 3.8) is 0 Å². The molecule has 0 atom stereocenters. The van der Waals surface area contributed by atoms with Crippen LogP contribution in [-0.2, 0) is 24.7 Å². The molecule has 2 N–H and O–H groups in total. The standard InChI is InChI=1S/C21H24N4O2S/c1-4-14-7-6-8-15(5-2)19(14)22-18(27)13-28-21-24-23-20(25(21)3)16-9-11-17(26)12-10-16/h6-12,26H,4-5,13H2,1-3H3,(H,22,27). The molecule has 0 saturated carbocycles. The number of phenolic OH excluding ortho intramolecular Hbond substituents is 1. The van der Waals surface area contributed by atoms with Gasteiger partial charge in [0.15, 0.2) is 11.0 Å². The maximum absolute atomic E-state index is 12.5. The van der Waals surface area contributed by atoms with E-state index in [0.29, 0.717) is 11.0 Å². The predicted octanol–water partition coefficient (Wildman–Crippen LogP) is 4.04. The minimum atomic E-state index is -0.0604. The smallest absolute Gasteiger partial charge is 0.234 e. The molecule has 3 aromatic rings. The highest BCUT2D eigenvalue weighted by Gasteiger charge is 2.14. The Morgan fingerprint density at radius 3 is 2.32 bits per heavy atom. The van der Waals surface area contributed by atoms with E-state index >= 15 is 0 Å². The van der Waals surface area contributed by atoms with Crippen LogP contribution in [0.4, 0.5) is 5.69 Å². The number of thioether (sulfide) groups is 1. The van der Waals surface area contributed by atoms with Crippen LogP contribution in [0.1, 0.15) is 25.0 Å². The minimum Gasteiger partial charge on any atom is -0.508 e. The van der Waals surface area contributed by atoms with E-state index in [9.17, 15) is 9.90 Å². The first-order valence-corrected chi connectivity index (χ1v) is 10.2. The first-order valence-electron chi connectivity index (χ1n) is 9.25. The number of carbonyl (C=O) groups excluding carboxylic acids is 1. The fourth-order valence-corrected chi connectivity index (χ4v) is 3.72. The lowest BCUT2D eigenvalue weighted by Gasteiger charge is -2.14. The van der Waals surface area contributed by atoms with Crippen LogP contribution in [-0.4, -0.2) is 31.5 Å². The molecule has 2 aromatic carbocycles. The van der Waals surface area contributed by atoms with E-state index in [2.05, 4.69) is 41.5 Å². The maximum Gasteiger partial charge on any atom is 0.234 e. The van der Waals surface area contributed by atoms with E-state index < -0.39 is 0 Å². The van der Waals surface area contributed by atoms with E-state index in [1.165, 1.54) is 11.8 Å². The zero-order valence-corrected chi connectivity index (χ0v) is 17.1. The van der Waals surface area contributed by atoms with Gasteiger partial charge in [0.05, 0.1) is 5.75 Å². The minimum absolute atomic E-state index is 0.0604. The highest BCUT2D eigenvalue weighted by molar-refractivity contribution is 7.99. The fraction of sp³-hybridized carbons (Fsp3) is 0.286. The number of amides is 1. The van der Waals surface area contributed by atoms with Crippen LogP contribution in [0.3, 0.4) is 0 Å². The summed E-state index contributed by atoms with van der Waals surface area (Å²) >= 11 is 1.35. The van der Waals surface area contributed by atoms with E-state index in [-0.39, 0.29) is 17.4 Å². The van der Waals surface area contributed by atoms with Crippen LogP contribution in [0.2, 0.25) is 0 Å². The molecule has 3 rings (SSSR count). The Bertz CT molecular complexity index is 945. The van der Waals surface area contributed by atoms with Crippen LogP contribution in [0.15, 0.2) is 47.6 Å². The van der Waals surface area contributed by atoms with Crippen LogP contribution in [0, 0.1) is 0 Å². The molecule has 0 radical (unpaired) electrons. The molecule has 0 unspecified atom stereocenters. The highest BCUT2D eigenvalue weighted by Crippen LogP contribution is 2.26. The lowest BCUT2D eigenvalue weighted by molar-refractivity contribution is -0.113. The van der Waals surface area contributed by atoms with Gasteiger partial charge in [-0.1, -0.05) is 43.8 Å². The maximum atomic E-state index is 12.5. The number of anilines is 1. The number of hydrogen-bond donors (Lipinski definition) is 2. The molecule has 0 spiro atoms. The second kappa shape index (κ2) is 8.93. The summed E-state index contributed by atoms with van der Waals surface area (Å²) in [6.45, 7) is 4.17. The van der Waals surface area contributed by atoms with Gasteiger partial charge in [-0.25, -0.2) is 0 Å². The van der Waals surface area contributed by atoms with Crippen molar-refractivity contribution in [3.05, 3.63) is 53.6 Å². The summed E-state index contributed by atoms with van der Waals surface area (Å²) in [5, 5.41) is 21.6. The number of para-hydroxylation sites is 1. The van der Waals surface area contributed by atoms with Gasteiger partial charge < -0.3 is 15.0 Å². The van der Waals surface area contributed by atoms with Crippen molar-refractivity contribution in [3.8, 4) is 17.1 Å². The zero-order valence-electron chi connectivity index (χ0n) is 16.3. The molecule has 28 heavy (non-hydrogen) atoms. The number of rotatable bonds is 7. The highest BCUT2D eigenvalue weighted by atomic mass is 32.2. The number of phenols is 1. The first-order chi connectivity index (χ1) is 13.5. The topological polar surface area (TPSA) is 80.0 Å². The van der Waals surface area contributed by atoms with Gasteiger partial charge in [0, 0.05) is 18.3 Å². The van der Waals surface area contributed by atoms with Gasteiger partial charge in [-0.15, -0.1) is 10.2 Å². The number of benzene rings is 2. The number of aromatic nitrogens is 3. The molecule has 7 heteroatoms. The summed E-state index contributed by atoms with van der Waals surface area (Å²) in [4.78, 5) is 12.5. The average Bonchev–Trinajstić information content (AvgIpc) is 3.07. The first kappa shape index (κ1) is 19.9. The molecular weight excluding hydrogens is 372 g/mol. The number of aryl methyl sites for hydroxylation is 2. The Labute approximate surface area is 169 Å². The lowest BCUT2D eigenvalue weighted by atomic mass is 10.0. The van der Waals surface area contributed by atoms with Crippen molar-refractivity contribution in [1.29, 1.82) is 0 Å². The molecule has 6 nitrogen and oxygen atoms in total. The molecular formula is C21H24N4O2S. The third kappa shape index (κ3) is 4.36. The van der Waals surface area contributed by atoms with Crippen molar-refractivity contribution in [2.45, 2.75) is 31.8 Å². The van der Waals surface area contributed by atoms with Gasteiger partial charge in [-0.2, -0.15) is 0 Å². The van der Waals surface area contributed by atoms with Crippen molar-refractivity contribution in [2.24, 2.45) is 7.05 Å². The molecule has 1 heterocycles. The zero-order chi connectivity index (χ0) is 20.1. The molecule has 0 fully saturated rings. The third-order valence-corrected chi connectivity index (χ3v) is 5.58. The second-order valence-corrected chi connectivity index (χ2v) is 7.35. The van der Waals surface area contributed by atoms with Gasteiger partial charge in [-0.3, -0.25) is 4.79 Å². The Morgan fingerprint density at radius 2 is 1.71 bits per heavy atom. The Hall–Kier alpha value is -2.80. The number of carbonyl (C=O) groups is 1. The third-order valence-electron chi connectivity index (χ3n) is 4.56. The van der Waals surface area contributed by atoms with E-state index in [4.69, 9.17) is 0 Å². The predicted molar refractivity (Wildman–Crippen MR) is 113 cm³/mol. The fourth-order valence-electron chi connectivity index (χ4n) is 3.01.